The summed E-state index contributed by atoms with van der Waals surface area (Å²) in [6, 6.07) is -3.71. The van der Waals surface area contributed by atoms with E-state index in [1.165, 1.54) is 14.7 Å². The fraction of sp³-hybridized carbons (Fsp3) is 0.833. The van der Waals surface area contributed by atoms with Gasteiger partial charge in [0.25, 0.3) is 0 Å². The van der Waals surface area contributed by atoms with E-state index in [2.05, 4.69) is 0 Å². The Bertz CT molecular complexity index is 847. The first kappa shape index (κ1) is 34.7. The number of aliphatic hydroxyl groups is 4. The Labute approximate surface area is 237 Å². The van der Waals surface area contributed by atoms with Crippen LogP contribution in [0.4, 0.5) is 0 Å². The minimum atomic E-state index is -1.26. The fourth-order valence-electron chi connectivity index (χ4n) is 5.22. The third kappa shape index (κ3) is 11.0. The first-order valence-corrected chi connectivity index (χ1v) is 13.4. The topological polar surface area (TPSA) is 235 Å². The molecule has 0 aromatic heterocycles. The largest absolute Gasteiger partial charge is 0.480 e. The van der Waals surface area contributed by atoms with E-state index in [9.17, 15) is 54.9 Å². The van der Waals surface area contributed by atoms with Gasteiger partial charge in [0.05, 0.1) is 65.8 Å². The van der Waals surface area contributed by atoms with Crippen molar-refractivity contribution in [3.63, 3.8) is 0 Å². The van der Waals surface area contributed by atoms with E-state index in [-0.39, 0.29) is 38.6 Å². The molecule has 0 spiro atoms. The van der Waals surface area contributed by atoms with E-state index in [1.54, 1.807) is 9.80 Å². The van der Waals surface area contributed by atoms with Crippen LogP contribution in [0.1, 0.15) is 0 Å². The number of aliphatic hydroxyl groups excluding tert-OH is 4. The monoisotopic (exact) mass is 593 g/mol. The molecular weight excluding hydrogens is 550 g/mol. The van der Waals surface area contributed by atoms with E-state index in [0.717, 1.165) is 0 Å². The molecule has 2 heterocycles. The minimum absolute atomic E-state index is 0.118. The van der Waals surface area contributed by atoms with Gasteiger partial charge >= 0.3 is 17.9 Å². The number of carbonyl (C=O) groups excluding carboxylic acids is 1. The van der Waals surface area contributed by atoms with Gasteiger partial charge in [0.2, 0.25) is 5.91 Å². The average Bonchev–Trinajstić information content (AvgIpc) is 2.93. The molecule has 0 saturated carbocycles. The number of carboxylic acids is 3. The summed E-state index contributed by atoms with van der Waals surface area (Å²) in [4.78, 5) is 55.6. The average molecular weight is 594 g/mol. The van der Waals surface area contributed by atoms with Gasteiger partial charge < -0.3 is 45.4 Å². The number of rotatable bonds is 12. The Morgan fingerprint density at radius 1 is 0.537 bits per heavy atom. The molecule has 2 aliphatic heterocycles. The second kappa shape index (κ2) is 17.5. The molecule has 0 aliphatic carbocycles. The lowest BCUT2D eigenvalue weighted by atomic mass is 10.1. The van der Waals surface area contributed by atoms with Crippen LogP contribution in [-0.4, -0.2) is 213 Å². The number of aliphatic carboxylic acids is 3. The molecule has 2 saturated heterocycles. The summed E-state index contributed by atoms with van der Waals surface area (Å²) in [5.74, 6) is -4.05. The number of ether oxygens (including phenoxy) is 1. The molecule has 236 valence electrons. The lowest BCUT2D eigenvalue weighted by Gasteiger charge is -2.44. The molecule has 2 fully saturated rings. The highest BCUT2D eigenvalue weighted by atomic mass is 16.5. The zero-order valence-electron chi connectivity index (χ0n) is 23.0. The van der Waals surface area contributed by atoms with E-state index in [0.29, 0.717) is 26.3 Å². The molecule has 0 aromatic carbocycles. The number of hydrogen-bond donors (Lipinski definition) is 7. The van der Waals surface area contributed by atoms with Gasteiger partial charge in [-0.05, 0) is 0 Å². The summed E-state index contributed by atoms with van der Waals surface area (Å²) in [5, 5.41) is 69.9. The molecule has 0 unspecified atom stereocenters. The van der Waals surface area contributed by atoms with Crippen LogP contribution in [0.15, 0.2) is 0 Å². The zero-order chi connectivity index (χ0) is 30.5. The third-order valence-electron chi connectivity index (χ3n) is 7.41. The van der Waals surface area contributed by atoms with Gasteiger partial charge in [-0.1, -0.05) is 0 Å². The van der Waals surface area contributed by atoms with Crippen LogP contribution in [0, 0.1) is 0 Å². The summed E-state index contributed by atoms with van der Waals surface area (Å²) < 4.78 is 5.30. The van der Waals surface area contributed by atoms with Crippen molar-refractivity contribution < 1.29 is 59.7 Å². The standard InChI is InChI=1S/C24H43N5O12/c30-13-17-6-27(10-22(35)36)19(15-32)8-29(12-24(39)40)20(16-33)7-28(11-23(37)38)18(14-31)5-26(17)9-21(34)25-1-3-41-4-2-25/h17-20,30-33H,1-16H2,(H,35,36)(H,37,38)(H,39,40)/t17-,18-,19-,20-/m0/s1. The molecule has 0 radical (unpaired) electrons. The number of carbonyl (C=O) groups is 4. The summed E-state index contributed by atoms with van der Waals surface area (Å²) in [7, 11) is 0. The molecule has 41 heavy (non-hydrogen) atoms. The maximum absolute atomic E-state index is 13.2. The van der Waals surface area contributed by atoms with Crippen molar-refractivity contribution in [1.82, 2.24) is 24.5 Å². The van der Waals surface area contributed by atoms with Gasteiger partial charge in [0.1, 0.15) is 0 Å². The number of amides is 1. The summed E-state index contributed by atoms with van der Waals surface area (Å²) in [5.41, 5.74) is 0. The zero-order valence-corrected chi connectivity index (χ0v) is 23.0. The van der Waals surface area contributed by atoms with Crippen molar-refractivity contribution in [2.24, 2.45) is 0 Å². The quantitative estimate of drug-likeness (QED) is 0.112. The molecule has 17 nitrogen and oxygen atoms in total. The molecule has 7 N–H and O–H groups in total. The summed E-state index contributed by atoms with van der Waals surface area (Å²) >= 11 is 0. The highest BCUT2D eigenvalue weighted by Gasteiger charge is 2.36. The lowest BCUT2D eigenvalue weighted by molar-refractivity contribution is -0.144. The highest BCUT2D eigenvalue weighted by molar-refractivity contribution is 5.78. The van der Waals surface area contributed by atoms with E-state index >= 15 is 0 Å². The number of hydrogen-bond acceptors (Lipinski definition) is 13. The second-order valence-electron chi connectivity index (χ2n) is 10.2. The molecule has 4 atom stereocenters. The Kier molecular flexibility index (Phi) is 14.8. The smallest absolute Gasteiger partial charge is 0.317 e. The summed E-state index contributed by atoms with van der Waals surface area (Å²) in [6.07, 6.45) is 0. The molecule has 2 aliphatic rings. The normalized spacial score (nSPS) is 26.7. The molecule has 2 rings (SSSR count). The Morgan fingerprint density at radius 3 is 1.10 bits per heavy atom. The van der Waals surface area contributed by atoms with Crippen molar-refractivity contribution >= 4 is 23.8 Å². The van der Waals surface area contributed by atoms with Crippen LogP contribution in [0.25, 0.3) is 0 Å². The van der Waals surface area contributed by atoms with E-state index < -0.39 is 88.1 Å². The second-order valence-corrected chi connectivity index (χ2v) is 10.2. The molecular formula is C24H43N5O12. The van der Waals surface area contributed by atoms with Gasteiger partial charge in [0, 0.05) is 63.4 Å². The van der Waals surface area contributed by atoms with Crippen molar-refractivity contribution in [3.05, 3.63) is 0 Å². The minimum Gasteiger partial charge on any atom is -0.480 e. The third-order valence-corrected chi connectivity index (χ3v) is 7.41. The van der Waals surface area contributed by atoms with Crippen molar-refractivity contribution in [3.8, 4) is 0 Å². The summed E-state index contributed by atoms with van der Waals surface area (Å²) in [6.45, 7) is -3.59. The Balaban J connectivity index is 2.56. The van der Waals surface area contributed by atoms with Gasteiger partial charge in [-0.2, -0.15) is 0 Å². The van der Waals surface area contributed by atoms with Crippen LogP contribution < -0.4 is 0 Å². The lowest BCUT2D eigenvalue weighted by Crippen LogP contribution is -2.62. The predicted molar refractivity (Wildman–Crippen MR) is 140 cm³/mol. The van der Waals surface area contributed by atoms with E-state index in [1.807, 2.05) is 0 Å². The molecule has 0 aromatic rings. The van der Waals surface area contributed by atoms with Crippen LogP contribution in [0.5, 0.6) is 0 Å². The maximum atomic E-state index is 13.2. The van der Waals surface area contributed by atoms with Crippen LogP contribution in [0.3, 0.4) is 0 Å². The first-order valence-electron chi connectivity index (χ1n) is 13.4. The molecule has 0 bridgehead atoms. The Hall–Kier alpha value is -2.48. The van der Waals surface area contributed by atoms with Crippen LogP contribution in [0.2, 0.25) is 0 Å². The number of nitrogens with zero attached hydrogens (tertiary/aromatic N) is 5. The van der Waals surface area contributed by atoms with Gasteiger partial charge in [0.15, 0.2) is 0 Å². The number of morpholine rings is 1. The van der Waals surface area contributed by atoms with E-state index in [4.69, 9.17) is 4.74 Å². The van der Waals surface area contributed by atoms with Crippen molar-refractivity contribution in [1.29, 1.82) is 0 Å². The van der Waals surface area contributed by atoms with Crippen molar-refractivity contribution in [2.45, 2.75) is 24.2 Å². The first-order chi connectivity index (χ1) is 19.5. The van der Waals surface area contributed by atoms with Gasteiger partial charge in [-0.25, -0.2) is 0 Å². The Morgan fingerprint density at radius 2 is 0.829 bits per heavy atom. The van der Waals surface area contributed by atoms with Gasteiger partial charge in [-0.3, -0.25) is 38.8 Å². The molecule has 1 amide bonds. The van der Waals surface area contributed by atoms with Crippen molar-refractivity contribution in [2.75, 3.05) is 105 Å². The number of carboxylic acid groups (broad SMARTS) is 3. The molecule has 17 heteroatoms. The SMILES string of the molecule is O=C(O)CN1C[C@@H](CO)N(CC(=O)O)C[C@@H](CO)N(CC(=O)N2CCOCC2)C[C@@H](CO)N(CC(=O)O)C[C@H]1CO. The fourth-order valence-corrected chi connectivity index (χ4v) is 5.22. The van der Waals surface area contributed by atoms with Crippen LogP contribution >= 0.6 is 0 Å². The highest BCUT2D eigenvalue weighted by Crippen LogP contribution is 2.16. The van der Waals surface area contributed by atoms with Gasteiger partial charge in [-0.15, -0.1) is 0 Å². The maximum Gasteiger partial charge on any atom is 0.317 e. The van der Waals surface area contributed by atoms with Crippen LogP contribution in [-0.2, 0) is 23.9 Å². The predicted octanol–water partition coefficient (Wildman–Crippen LogP) is -5.24.